The first-order chi connectivity index (χ1) is 37.6. The molecule has 1 saturated heterocycles. The third-order valence-corrected chi connectivity index (χ3v) is 12.5. The molecule has 0 aromatic heterocycles. The highest BCUT2D eigenvalue weighted by Crippen LogP contribution is 2.26. The molecule has 434 valence electrons. The molecule has 3 N–H and O–H groups in total. The number of carboxylic acids is 1. The van der Waals surface area contributed by atoms with E-state index in [0.29, 0.717) is 25.7 Å². The Morgan fingerprint density at radius 1 is 0.442 bits per heavy atom. The number of allylic oxidation sites excluding steroid dienone is 20. The van der Waals surface area contributed by atoms with Crippen LogP contribution in [0.25, 0.3) is 0 Å². The summed E-state index contributed by atoms with van der Waals surface area (Å²) in [7, 11) is 0. The molecule has 0 aromatic carbocycles. The van der Waals surface area contributed by atoms with Crippen LogP contribution in [0.3, 0.4) is 0 Å². The highest BCUT2D eigenvalue weighted by Gasteiger charge is 2.50. The van der Waals surface area contributed by atoms with Crippen molar-refractivity contribution in [3.63, 3.8) is 0 Å². The van der Waals surface area contributed by atoms with Crippen molar-refractivity contribution >= 4 is 23.9 Å². The van der Waals surface area contributed by atoms with E-state index in [1.54, 1.807) is 0 Å². The summed E-state index contributed by atoms with van der Waals surface area (Å²) in [5.74, 6) is -3.26. The van der Waals surface area contributed by atoms with Gasteiger partial charge in [0, 0.05) is 19.3 Å². The summed E-state index contributed by atoms with van der Waals surface area (Å²) in [6.07, 6.45) is 58.8. The zero-order chi connectivity index (χ0) is 56.1. The van der Waals surface area contributed by atoms with Gasteiger partial charge in [-0.25, -0.2) is 4.79 Å². The Labute approximate surface area is 465 Å². The molecule has 77 heavy (non-hydrogen) atoms. The predicted molar refractivity (Wildman–Crippen MR) is 312 cm³/mol. The smallest absolute Gasteiger partial charge is 0.335 e. The minimum atomic E-state index is -1.93. The van der Waals surface area contributed by atoms with Gasteiger partial charge in [0.05, 0.1) is 6.61 Å². The number of hydrogen-bond acceptors (Lipinski definition) is 11. The third-order valence-electron chi connectivity index (χ3n) is 12.5. The summed E-state index contributed by atoms with van der Waals surface area (Å²) in [4.78, 5) is 51.1. The molecule has 12 nitrogen and oxygen atoms in total. The second-order valence-corrected chi connectivity index (χ2v) is 19.5. The summed E-state index contributed by atoms with van der Waals surface area (Å²) in [5.41, 5.74) is 0. The molecule has 1 rings (SSSR count). The standard InChI is InChI=1S/C65H102O12/c1-4-7-10-13-16-19-22-25-28-29-32-33-36-39-42-45-48-51-57(66)73-54-56(75-58(67)52-49-46-43-40-37-34-30-26-23-20-17-14-11-8-5-2)55-74-65-63(61(70)60(69)62(77-65)64(71)72)76-59(68)53-50-47-44-41-38-35-31-27-24-21-18-15-12-9-6-3/h8-9,11-12,16-21,25-28,30-31,37-38,40-41,56,60-63,65,69-70H,4-7,10,13-15,22-24,29,32-36,39,42-55H2,1-3H3,(H,71,72)/b11-8-,12-9-,19-16-,20-17-,21-18-,28-25-,30-26-,31-27-,40-37-,41-38-. The van der Waals surface area contributed by atoms with Gasteiger partial charge in [0.2, 0.25) is 0 Å². The molecule has 1 aliphatic rings. The van der Waals surface area contributed by atoms with Gasteiger partial charge in [0.25, 0.3) is 0 Å². The van der Waals surface area contributed by atoms with E-state index in [-0.39, 0.29) is 25.9 Å². The predicted octanol–water partition coefficient (Wildman–Crippen LogP) is 15.2. The van der Waals surface area contributed by atoms with Crippen molar-refractivity contribution < 1.29 is 58.2 Å². The minimum absolute atomic E-state index is 0.00400. The lowest BCUT2D eigenvalue weighted by atomic mass is 9.98. The fraction of sp³-hybridized carbons (Fsp3) is 0.631. The van der Waals surface area contributed by atoms with Crippen LogP contribution < -0.4 is 0 Å². The van der Waals surface area contributed by atoms with Crippen LogP contribution in [-0.2, 0) is 42.9 Å². The zero-order valence-electron chi connectivity index (χ0n) is 47.7. The van der Waals surface area contributed by atoms with E-state index in [4.69, 9.17) is 23.7 Å². The fourth-order valence-electron chi connectivity index (χ4n) is 8.02. The van der Waals surface area contributed by atoms with Crippen molar-refractivity contribution in [3.05, 3.63) is 122 Å². The number of aliphatic carboxylic acids is 1. The molecule has 1 aliphatic heterocycles. The molecule has 0 radical (unpaired) electrons. The Kier molecular flexibility index (Phi) is 47.2. The van der Waals surface area contributed by atoms with Gasteiger partial charge in [-0.1, -0.05) is 187 Å². The number of esters is 3. The van der Waals surface area contributed by atoms with Gasteiger partial charge < -0.3 is 39.0 Å². The molecule has 6 atom stereocenters. The summed E-state index contributed by atoms with van der Waals surface area (Å²) in [5, 5.41) is 31.5. The maximum Gasteiger partial charge on any atom is 0.335 e. The molecule has 12 heteroatoms. The lowest BCUT2D eigenvalue weighted by molar-refractivity contribution is -0.301. The van der Waals surface area contributed by atoms with Gasteiger partial charge in [-0.15, -0.1) is 0 Å². The van der Waals surface area contributed by atoms with Gasteiger partial charge in [0.15, 0.2) is 24.6 Å². The highest BCUT2D eigenvalue weighted by molar-refractivity contribution is 5.74. The van der Waals surface area contributed by atoms with Crippen molar-refractivity contribution in [1.29, 1.82) is 0 Å². The van der Waals surface area contributed by atoms with Crippen molar-refractivity contribution in [2.75, 3.05) is 13.2 Å². The number of aliphatic hydroxyl groups is 2. The number of carboxylic acid groups (broad SMARTS) is 1. The lowest BCUT2D eigenvalue weighted by Gasteiger charge is -2.40. The number of carbonyl (C=O) groups is 4. The van der Waals surface area contributed by atoms with Gasteiger partial charge in [0.1, 0.15) is 18.8 Å². The van der Waals surface area contributed by atoms with Crippen LogP contribution in [0.5, 0.6) is 0 Å². The number of ether oxygens (including phenoxy) is 5. The molecule has 6 unspecified atom stereocenters. The van der Waals surface area contributed by atoms with Crippen LogP contribution in [0.2, 0.25) is 0 Å². The summed E-state index contributed by atoms with van der Waals surface area (Å²) < 4.78 is 28.3. The number of carbonyl (C=O) groups excluding carboxylic acids is 3. The summed E-state index contributed by atoms with van der Waals surface area (Å²) in [6, 6.07) is 0. The van der Waals surface area contributed by atoms with Crippen LogP contribution in [0.1, 0.15) is 213 Å². The summed E-state index contributed by atoms with van der Waals surface area (Å²) >= 11 is 0. The minimum Gasteiger partial charge on any atom is -0.479 e. The van der Waals surface area contributed by atoms with Crippen molar-refractivity contribution in [1.82, 2.24) is 0 Å². The first-order valence-corrected chi connectivity index (χ1v) is 29.5. The Morgan fingerprint density at radius 2 is 0.818 bits per heavy atom. The Balaban J connectivity index is 2.76. The molecule has 0 saturated carbocycles. The number of unbranched alkanes of at least 4 members (excludes halogenated alkanes) is 14. The molecule has 1 heterocycles. The Morgan fingerprint density at radius 3 is 1.27 bits per heavy atom. The van der Waals surface area contributed by atoms with Crippen LogP contribution in [0.15, 0.2) is 122 Å². The van der Waals surface area contributed by atoms with E-state index < -0.39 is 67.3 Å². The van der Waals surface area contributed by atoms with Crippen molar-refractivity contribution in [3.8, 4) is 0 Å². The van der Waals surface area contributed by atoms with Gasteiger partial charge >= 0.3 is 23.9 Å². The van der Waals surface area contributed by atoms with Crippen LogP contribution in [0, 0.1) is 0 Å². The average Bonchev–Trinajstić information content (AvgIpc) is 3.43. The van der Waals surface area contributed by atoms with Crippen LogP contribution in [-0.4, -0.2) is 89.2 Å². The Hall–Kier alpha value is -4.88. The lowest BCUT2D eigenvalue weighted by Crippen LogP contribution is -2.61. The molecule has 0 spiro atoms. The van der Waals surface area contributed by atoms with Gasteiger partial charge in [-0.3, -0.25) is 14.4 Å². The van der Waals surface area contributed by atoms with Gasteiger partial charge in [-0.2, -0.15) is 0 Å². The highest BCUT2D eigenvalue weighted by atomic mass is 16.7. The fourth-order valence-corrected chi connectivity index (χ4v) is 8.02. The molecule has 1 fully saturated rings. The van der Waals surface area contributed by atoms with E-state index in [1.165, 1.54) is 38.5 Å². The first kappa shape index (κ1) is 70.1. The monoisotopic (exact) mass is 1070 g/mol. The summed E-state index contributed by atoms with van der Waals surface area (Å²) in [6.45, 7) is 5.66. The van der Waals surface area contributed by atoms with E-state index in [0.717, 1.165) is 109 Å². The molecule has 0 aliphatic carbocycles. The number of aliphatic hydroxyl groups excluding tert-OH is 2. The topological polar surface area (TPSA) is 175 Å². The first-order valence-electron chi connectivity index (χ1n) is 29.5. The van der Waals surface area contributed by atoms with Crippen molar-refractivity contribution in [2.45, 2.75) is 250 Å². The van der Waals surface area contributed by atoms with Crippen LogP contribution in [0.4, 0.5) is 0 Å². The maximum atomic E-state index is 13.1. The normalized spacial score (nSPS) is 18.9. The quantitative estimate of drug-likeness (QED) is 0.0228. The van der Waals surface area contributed by atoms with Crippen LogP contribution >= 0.6 is 0 Å². The number of hydrogen-bond donors (Lipinski definition) is 3. The molecule has 0 amide bonds. The molecular formula is C65H102O12. The van der Waals surface area contributed by atoms with E-state index >= 15 is 0 Å². The number of rotatable bonds is 48. The average molecular weight is 1080 g/mol. The third kappa shape index (κ3) is 41.8. The molecule has 0 aromatic rings. The zero-order valence-corrected chi connectivity index (χ0v) is 47.7. The van der Waals surface area contributed by atoms with Crippen molar-refractivity contribution in [2.24, 2.45) is 0 Å². The molecule has 0 bridgehead atoms. The molecular weight excluding hydrogens is 973 g/mol. The van der Waals surface area contributed by atoms with Gasteiger partial charge in [-0.05, 0) is 128 Å². The maximum absolute atomic E-state index is 13.1. The Bertz CT molecular complexity index is 1800. The second-order valence-electron chi connectivity index (χ2n) is 19.5. The SMILES string of the molecule is CC/C=C\C/C=C\C/C=C\C/C=C\CCCCC(=O)OC(COC(=O)CCCCCCCCC/C=C\C/C=C\CCCCC)COC1OC(C(=O)O)C(O)C(O)C1OC(=O)CCCC/C=C\C/C=C\C/C=C\C/C=C\CC. The largest absolute Gasteiger partial charge is 0.479 e. The van der Waals surface area contributed by atoms with E-state index in [1.807, 2.05) is 0 Å². The second kappa shape index (κ2) is 51.9. The van der Waals surface area contributed by atoms with E-state index in [9.17, 15) is 34.5 Å². The van der Waals surface area contributed by atoms with E-state index in [2.05, 4.69) is 142 Å².